The zero-order valence-electron chi connectivity index (χ0n) is 12.8. The lowest BCUT2D eigenvalue weighted by Gasteiger charge is -2.35. The van der Waals surface area contributed by atoms with Gasteiger partial charge in [0.2, 0.25) is 5.91 Å². The molecule has 1 heterocycles. The van der Waals surface area contributed by atoms with Gasteiger partial charge in [0.05, 0.1) is 19.2 Å². The Hall–Kier alpha value is -1.46. The molecule has 116 valence electrons. The molecule has 0 aliphatic carbocycles. The Kier molecular flexibility index (Phi) is 4.96. The molecule has 5 heteroatoms. The summed E-state index contributed by atoms with van der Waals surface area (Å²) in [6, 6.07) is 4.44. The molecule has 1 aliphatic rings. The molecule has 1 aromatic rings. The Labute approximate surface area is 125 Å². The van der Waals surface area contributed by atoms with Crippen LogP contribution in [-0.2, 0) is 9.53 Å². The Morgan fingerprint density at radius 1 is 1.48 bits per heavy atom. The number of hydrogen-bond acceptors (Lipinski definition) is 3. The zero-order chi connectivity index (χ0) is 15.6. The summed E-state index contributed by atoms with van der Waals surface area (Å²) in [6.45, 7) is 7.07. The van der Waals surface area contributed by atoms with Crippen molar-refractivity contribution in [3.05, 3.63) is 35.1 Å². The summed E-state index contributed by atoms with van der Waals surface area (Å²) in [7, 11) is 0. The van der Waals surface area contributed by atoms with Crippen LogP contribution in [0.5, 0.6) is 0 Å². The van der Waals surface area contributed by atoms with Crippen molar-refractivity contribution in [1.82, 2.24) is 4.90 Å². The third-order valence-electron chi connectivity index (χ3n) is 3.94. The van der Waals surface area contributed by atoms with Gasteiger partial charge in [0.25, 0.3) is 0 Å². The van der Waals surface area contributed by atoms with Crippen LogP contribution in [0, 0.1) is 18.7 Å². The summed E-state index contributed by atoms with van der Waals surface area (Å²) in [5.74, 6) is -0.173. The van der Waals surface area contributed by atoms with Crippen LogP contribution in [0.2, 0.25) is 0 Å². The van der Waals surface area contributed by atoms with Crippen molar-refractivity contribution in [2.45, 2.75) is 32.9 Å². The van der Waals surface area contributed by atoms with Crippen LogP contribution in [-0.4, -0.2) is 36.5 Å². The number of benzene rings is 1. The molecule has 2 rings (SSSR count). The lowest BCUT2D eigenvalue weighted by atomic mass is 10.0. The van der Waals surface area contributed by atoms with E-state index in [2.05, 4.69) is 0 Å². The van der Waals surface area contributed by atoms with E-state index in [1.807, 2.05) is 13.8 Å². The second-order valence-corrected chi connectivity index (χ2v) is 5.92. The maximum Gasteiger partial charge on any atom is 0.239 e. The number of aryl methyl sites for hydroxylation is 1. The monoisotopic (exact) mass is 294 g/mol. The van der Waals surface area contributed by atoms with Gasteiger partial charge in [-0.2, -0.15) is 0 Å². The molecule has 0 unspecified atom stereocenters. The number of amides is 1. The van der Waals surface area contributed by atoms with Gasteiger partial charge in [0.1, 0.15) is 11.9 Å². The standard InChI is InChI=1S/C16H23FN2O2/c1-10(2)15(18)16(20)19-6-7-21-14(9-19)12-4-5-13(17)11(3)8-12/h4-5,8,10,14-15H,6-7,9,18H2,1-3H3/t14-,15-/m0/s1. The second-order valence-electron chi connectivity index (χ2n) is 5.92. The molecule has 0 aromatic heterocycles. The highest BCUT2D eigenvalue weighted by Gasteiger charge is 2.29. The fraction of sp³-hybridized carbons (Fsp3) is 0.562. The van der Waals surface area contributed by atoms with Crippen molar-refractivity contribution in [2.75, 3.05) is 19.7 Å². The van der Waals surface area contributed by atoms with Gasteiger partial charge in [0.15, 0.2) is 0 Å². The molecule has 4 nitrogen and oxygen atoms in total. The molecule has 2 atom stereocenters. The van der Waals surface area contributed by atoms with Gasteiger partial charge in [-0.15, -0.1) is 0 Å². The van der Waals surface area contributed by atoms with Crippen LogP contribution in [0.3, 0.4) is 0 Å². The number of ether oxygens (including phenoxy) is 1. The van der Waals surface area contributed by atoms with E-state index in [4.69, 9.17) is 10.5 Å². The average molecular weight is 294 g/mol. The Morgan fingerprint density at radius 3 is 2.81 bits per heavy atom. The third-order valence-corrected chi connectivity index (χ3v) is 3.94. The van der Waals surface area contributed by atoms with E-state index in [0.29, 0.717) is 25.3 Å². The highest BCUT2D eigenvalue weighted by atomic mass is 19.1. The first-order valence-electron chi connectivity index (χ1n) is 7.32. The van der Waals surface area contributed by atoms with Crippen LogP contribution >= 0.6 is 0 Å². The second kappa shape index (κ2) is 6.54. The smallest absolute Gasteiger partial charge is 0.239 e. The molecule has 21 heavy (non-hydrogen) atoms. The van der Waals surface area contributed by atoms with Crippen molar-refractivity contribution in [2.24, 2.45) is 11.7 Å². The molecule has 1 fully saturated rings. The van der Waals surface area contributed by atoms with Crippen molar-refractivity contribution in [1.29, 1.82) is 0 Å². The molecule has 0 spiro atoms. The minimum atomic E-state index is -0.487. The highest BCUT2D eigenvalue weighted by molar-refractivity contribution is 5.82. The topological polar surface area (TPSA) is 55.6 Å². The first-order valence-corrected chi connectivity index (χ1v) is 7.32. The molecule has 1 aromatic carbocycles. The first-order chi connectivity index (χ1) is 9.90. The molecule has 1 amide bonds. The van der Waals surface area contributed by atoms with Crippen LogP contribution in [0.15, 0.2) is 18.2 Å². The first kappa shape index (κ1) is 15.9. The summed E-state index contributed by atoms with van der Waals surface area (Å²) in [4.78, 5) is 14.1. The number of carbonyl (C=O) groups excluding carboxylic acids is 1. The minimum Gasteiger partial charge on any atom is -0.370 e. The molecular weight excluding hydrogens is 271 g/mol. The van der Waals surface area contributed by atoms with Gasteiger partial charge >= 0.3 is 0 Å². The number of carbonyl (C=O) groups is 1. The van der Waals surface area contributed by atoms with Crippen molar-refractivity contribution < 1.29 is 13.9 Å². The Balaban J connectivity index is 2.10. The summed E-state index contributed by atoms with van der Waals surface area (Å²) < 4.78 is 19.1. The lowest BCUT2D eigenvalue weighted by molar-refractivity contribution is -0.141. The summed E-state index contributed by atoms with van der Waals surface area (Å²) in [6.07, 6.45) is -0.221. The predicted molar refractivity (Wildman–Crippen MR) is 79.2 cm³/mol. The lowest BCUT2D eigenvalue weighted by Crippen LogP contribution is -2.51. The molecule has 0 saturated carbocycles. The zero-order valence-corrected chi connectivity index (χ0v) is 12.8. The van der Waals surface area contributed by atoms with Gasteiger partial charge in [-0.25, -0.2) is 4.39 Å². The molecule has 2 N–H and O–H groups in total. The number of morpholine rings is 1. The van der Waals surface area contributed by atoms with Crippen molar-refractivity contribution >= 4 is 5.91 Å². The fourth-order valence-corrected chi connectivity index (χ4v) is 2.42. The maximum atomic E-state index is 13.3. The van der Waals surface area contributed by atoms with E-state index >= 15 is 0 Å². The quantitative estimate of drug-likeness (QED) is 0.928. The summed E-state index contributed by atoms with van der Waals surface area (Å²) in [5.41, 5.74) is 7.41. The van der Waals surface area contributed by atoms with E-state index in [-0.39, 0.29) is 23.7 Å². The number of hydrogen-bond donors (Lipinski definition) is 1. The normalized spacial score (nSPS) is 20.7. The summed E-state index contributed by atoms with van der Waals surface area (Å²) >= 11 is 0. The number of rotatable bonds is 3. The third kappa shape index (κ3) is 3.60. The van der Waals surface area contributed by atoms with Crippen molar-refractivity contribution in [3.8, 4) is 0 Å². The highest BCUT2D eigenvalue weighted by Crippen LogP contribution is 2.24. The van der Waals surface area contributed by atoms with Crippen LogP contribution < -0.4 is 5.73 Å². The average Bonchev–Trinajstić information content (AvgIpc) is 2.48. The fourth-order valence-electron chi connectivity index (χ4n) is 2.42. The van der Waals surface area contributed by atoms with E-state index in [0.717, 1.165) is 5.56 Å². The van der Waals surface area contributed by atoms with Gasteiger partial charge in [0, 0.05) is 6.54 Å². The molecule has 0 bridgehead atoms. The molecular formula is C16H23FN2O2. The molecule has 0 radical (unpaired) electrons. The van der Waals surface area contributed by atoms with Gasteiger partial charge < -0.3 is 15.4 Å². The van der Waals surface area contributed by atoms with Crippen LogP contribution in [0.1, 0.15) is 31.1 Å². The molecule has 1 aliphatic heterocycles. The van der Waals surface area contributed by atoms with Gasteiger partial charge in [-0.05, 0) is 30.0 Å². The SMILES string of the molecule is Cc1cc([C@@H]2CN(C(=O)[C@@H](N)C(C)C)CCO2)ccc1F. The van der Waals surface area contributed by atoms with Crippen molar-refractivity contribution in [3.63, 3.8) is 0 Å². The van der Waals surface area contributed by atoms with E-state index < -0.39 is 6.04 Å². The van der Waals surface area contributed by atoms with Gasteiger partial charge in [-0.3, -0.25) is 4.79 Å². The Bertz CT molecular complexity index is 519. The number of nitrogens with two attached hydrogens (primary N) is 1. The maximum absolute atomic E-state index is 13.3. The predicted octanol–water partition coefficient (Wildman–Crippen LogP) is 2.02. The number of halogens is 1. The van der Waals surface area contributed by atoms with E-state index in [1.165, 1.54) is 6.07 Å². The Morgan fingerprint density at radius 2 is 2.19 bits per heavy atom. The van der Waals surface area contributed by atoms with E-state index in [1.54, 1.807) is 24.0 Å². The van der Waals surface area contributed by atoms with E-state index in [9.17, 15) is 9.18 Å². The number of nitrogens with zero attached hydrogens (tertiary/aromatic N) is 1. The largest absolute Gasteiger partial charge is 0.370 e. The van der Waals surface area contributed by atoms with Crippen LogP contribution in [0.25, 0.3) is 0 Å². The summed E-state index contributed by atoms with van der Waals surface area (Å²) in [5, 5.41) is 0. The van der Waals surface area contributed by atoms with Gasteiger partial charge in [-0.1, -0.05) is 26.0 Å². The van der Waals surface area contributed by atoms with Crippen LogP contribution in [0.4, 0.5) is 4.39 Å². The molecule has 1 saturated heterocycles. The minimum absolute atomic E-state index is 0.0443.